The number of anilines is 2. The summed E-state index contributed by atoms with van der Waals surface area (Å²) in [6.45, 7) is 6.02. The molecule has 6 nitrogen and oxygen atoms in total. The zero-order valence-electron chi connectivity index (χ0n) is 19.1. The van der Waals surface area contributed by atoms with Crippen LogP contribution >= 0.6 is 0 Å². The second-order valence-corrected chi connectivity index (χ2v) is 8.44. The predicted octanol–water partition coefficient (Wildman–Crippen LogP) is 5.66. The first-order valence-corrected chi connectivity index (χ1v) is 10.9. The number of H-pyrrole nitrogens is 1. The largest absolute Gasteiger partial charge is 0.339 e. The molecule has 0 amide bonds. The van der Waals surface area contributed by atoms with Gasteiger partial charge in [-0.25, -0.2) is 0 Å². The first kappa shape index (κ1) is 20.7. The van der Waals surface area contributed by atoms with Crippen molar-refractivity contribution >= 4 is 22.4 Å². The van der Waals surface area contributed by atoms with Crippen molar-refractivity contribution in [3.05, 3.63) is 94.0 Å². The fourth-order valence-electron chi connectivity index (χ4n) is 4.19. The Labute approximate surface area is 192 Å². The van der Waals surface area contributed by atoms with Gasteiger partial charge in [0.05, 0.1) is 11.2 Å². The third-order valence-corrected chi connectivity index (χ3v) is 6.06. The Hall–Kier alpha value is -4.19. The number of benzene rings is 2. The smallest absolute Gasteiger partial charge is 0.258 e. The van der Waals surface area contributed by atoms with Crippen molar-refractivity contribution in [2.75, 3.05) is 5.32 Å². The van der Waals surface area contributed by atoms with Crippen molar-refractivity contribution < 1.29 is 0 Å². The minimum Gasteiger partial charge on any atom is -0.339 e. The predicted molar refractivity (Wildman–Crippen MR) is 134 cm³/mol. The van der Waals surface area contributed by atoms with E-state index in [9.17, 15) is 4.79 Å². The molecule has 0 fully saturated rings. The Morgan fingerprint density at radius 3 is 2.48 bits per heavy atom. The molecule has 0 aliphatic heterocycles. The maximum atomic E-state index is 13.2. The summed E-state index contributed by atoms with van der Waals surface area (Å²) >= 11 is 0. The summed E-state index contributed by atoms with van der Waals surface area (Å²) in [6.07, 6.45) is 1.82. The fourth-order valence-corrected chi connectivity index (χ4v) is 4.19. The molecule has 164 valence electrons. The standard InChI is InChI=1S/C27H25N5O/c1-16-7-5-6-8-21(16)24-14-26(31-30-24)29-20-10-9-17(2)22(13-20)23-12-19-15-28-18(3)11-25(19)32(4)27(23)33/h5-15H,1-4H3,(H2,29,30,31). The van der Waals surface area contributed by atoms with Crippen LogP contribution < -0.4 is 10.9 Å². The van der Waals surface area contributed by atoms with Crippen LogP contribution in [0.1, 0.15) is 16.8 Å². The number of fused-ring (bicyclic) bond motifs is 1. The maximum absolute atomic E-state index is 13.2. The molecule has 5 aromatic rings. The first-order chi connectivity index (χ1) is 15.9. The number of aryl methyl sites for hydroxylation is 4. The SMILES string of the molecule is Cc1cc2c(cn1)cc(-c1cc(Nc3cc(-c4ccccc4C)[nH]n3)ccc1C)c(=O)n2C. The van der Waals surface area contributed by atoms with Gasteiger partial charge in [0.15, 0.2) is 5.82 Å². The van der Waals surface area contributed by atoms with Gasteiger partial charge in [-0.05, 0) is 61.7 Å². The summed E-state index contributed by atoms with van der Waals surface area (Å²) in [6, 6.07) is 20.1. The highest BCUT2D eigenvalue weighted by Crippen LogP contribution is 2.29. The first-order valence-electron chi connectivity index (χ1n) is 10.9. The molecule has 0 atom stereocenters. The minimum atomic E-state index is -0.0324. The van der Waals surface area contributed by atoms with Crippen molar-refractivity contribution in [1.82, 2.24) is 19.7 Å². The molecule has 6 heteroatoms. The number of nitrogens with zero attached hydrogens (tertiary/aromatic N) is 3. The fraction of sp³-hybridized carbons (Fsp3) is 0.148. The van der Waals surface area contributed by atoms with E-state index >= 15 is 0 Å². The van der Waals surface area contributed by atoms with Gasteiger partial charge in [0.25, 0.3) is 5.56 Å². The lowest BCUT2D eigenvalue weighted by atomic mass is 9.99. The highest BCUT2D eigenvalue weighted by molar-refractivity contribution is 5.85. The van der Waals surface area contributed by atoms with Gasteiger partial charge >= 0.3 is 0 Å². The third kappa shape index (κ3) is 3.80. The van der Waals surface area contributed by atoms with Gasteiger partial charge in [-0.3, -0.25) is 14.9 Å². The van der Waals surface area contributed by atoms with E-state index < -0.39 is 0 Å². The summed E-state index contributed by atoms with van der Waals surface area (Å²) < 4.78 is 1.70. The third-order valence-electron chi connectivity index (χ3n) is 6.06. The van der Waals surface area contributed by atoms with Gasteiger partial charge in [0, 0.05) is 47.2 Å². The van der Waals surface area contributed by atoms with Gasteiger partial charge in [0.2, 0.25) is 0 Å². The van der Waals surface area contributed by atoms with Gasteiger partial charge < -0.3 is 9.88 Å². The topological polar surface area (TPSA) is 75.6 Å². The van der Waals surface area contributed by atoms with Gasteiger partial charge in [-0.15, -0.1) is 0 Å². The Balaban J connectivity index is 1.52. The number of nitrogens with one attached hydrogen (secondary N) is 2. The molecule has 2 aromatic carbocycles. The van der Waals surface area contributed by atoms with Crippen LogP contribution in [0.25, 0.3) is 33.3 Å². The van der Waals surface area contributed by atoms with Crippen LogP contribution in [0.3, 0.4) is 0 Å². The van der Waals surface area contributed by atoms with E-state index in [-0.39, 0.29) is 5.56 Å². The molecule has 0 aliphatic rings. The highest BCUT2D eigenvalue weighted by Gasteiger charge is 2.13. The number of aromatic nitrogens is 4. The van der Waals surface area contributed by atoms with E-state index in [1.165, 1.54) is 5.56 Å². The van der Waals surface area contributed by atoms with E-state index in [4.69, 9.17) is 0 Å². The van der Waals surface area contributed by atoms with Gasteiger partial charge in [-0.1, -0.05) is 30.3 Å². The number of aromatic amines is 1. The van der Waals surface area contributed by atoms with Crippen molar-refractivity contribution in [2.24, 2.45) is 7.05 Å². The monoisotopic (exact) mass is 435 g/mol. The van der Waals surface area contributed by atoms with E-state index in [0.29, 0.717) is 11.4 Å². The van der Waals surface area contributed by atoms with Crippen molar-refractivity contribution in [3.8, 4) is 22.4 Å². The van der Waals surface area contributed by atoms with E-state index in [1.54, 1.807) is 4.57 Å². The zero-order chi connectivity index (χ0) is 23.1. The zero-order valence-corrected chi connectivity index (χ0v) is 19.1. The van der Waals surface area contributed by atoms with Crippen LogP contribution in [-0.4, -0.2) is 19.7 Å². The van der Waals surface area contributed by atoms with Crippen LogP contribution in [0.2, 0.25) is 0 Å². The normalized spacial score (nSPS) is 11.2. The molecule has 0 saturated heterocycles. The van der Waals surface area contributed by atoms with Crippen LogP contribution in [0, 0.1) is 20.8 Å². The maximum Gasteiger partial charge on any atom is 0.258 e. The molecule has 0 spiro atoms. The molecule has 0 bridgehead atoms. The summed E-state index contributed by atoms with van der Waals surface area (Å²) in [5.41, 5.74) is 8.41. The molecule has 3 aromatic heterocycles. The average Bonchev–Trinajstić information content (AvgIpc) is 3.26. The van der Waals surface area contributed by atoms with Crippen molar-refractivity contribution in [2.45, 2.75) is 20.8 Å². The average molecular weight is 436 g/mol. The second kappa shape index (κ2) is 8.06. The highest BCUT2D eigenvalue weighted by atomic mass is 16.1. The van der Waals surface area contributed by atoms with Gasteiger partial charge in [-0.2, -0.15) is 5.10 Å². The molecule has 0 aliphatic carbocycles. The molecule has 5 rings (SSSR count). The molecule has 0 saturated carbocycles. The minimum absolute atomic E-state index is 0.0324. The second-order valence-electron chi connectivity index (χ2n) is 8.44. The van der Waals surface area contributed by atoms with Crippen LogP contribution in [0.5, 0.6) is 0 Å². The molecular formula is C27H25N5O. The number of pyridine rings is 2. The van der Waals surface area contributed by atoms with Crippen molar-refractivity contribution in [1.29, 1.82) is 0 Å². The van der Waals surface area contributed by atoms with E-state index in [2.05, 4.69) is 39.6 Å². The van der Waals surface area contributed by atoms with Crippen molar-refractivity contribution in [3.63, 3.8) is 0 Å². The van der Waals surface area contributed by atoms with E-state index in [0.717, 1.165) is 44.7 Å². The van der Waals surface area contributed by atoms with Crippen LogP contribution in [0.15, 0.2) is 71.7 Å². The van der Waals surface area contributed by atoms with Crippen LogP contribution in [0.4, 0.5) is 11.5 Å². The molecule has 0 unspecified atom stereocenters. The molecule has 3 heterocycles. The lowest BCUT2D eigenvalue weighted by Gasteiger charge is -2.13. The number of rotatable bonds is 4. The Morgan fingerprint density at radius 2 is 1.67 bits per heavy atom. The number of hydrogen-bond acceptors (Lipinski definition) is 4. The summed E-state index contributed by atoms with van der Waals surface area (Å²) in [4.78, 5) is 17.6. The molecular weight excluding hydrogens is 410 g/mol. The lowest BCUT2D eigenvalue weighted by Crippen LogP contribution is -2.19. The Bertz CT molecular complexity index is 1560. The van der Waals surface area contributed by atoms with Crippen LogP contribution in [-0.2, 0) is 7.05 Å². The van der Waals surface area contributed by atoms with Gasteiger partial charge in [0.1, 0.15) is 0 Å². The summed E-state index contributed by atoms with van der Waals surface area (Å²) in [5, 5.41) is 11.8. The quantitative estimate of drug-likeness (QED) is 0.382. The summed E-state index contributed by atoms with van der Waals surface area (Å²) in [7, 11) is 1.81. The number of hydrogen-bond donors (Lipinski definition) is 2. The molecule has 2 N–H and O–H groups in total. The Morgan fingerprint density at radius 1 is 0.879 bits per heavy atom. The molecule has 33 heavy (non-hydrogen) atoms. The Kier molecular flexibility index (Phi) is 5.05. The summed E-state index contributed by atoms with van der Waals surface area (Å²) in [5.74, 6) is 0.717. The lowest BCUT2D eigenvalue weighted by molar-refractivity contribution is 0.905. The molecule has 0 radical (unpaired) electrons. The van der Waals surface area contributed by atoms with E-state index in [1.807, 2.05) is 75.6 Å².